The van der Waals surface area contributed by atoms with Gasteiger partial charge >= 0.3 is 0 Å². The molecule has 0 aromatic heterocycles. The van der Waals surface area contributed by atoms with Gasteiger partial charge in [0.05, 0.1) is 0 Å². The third kappa shape index (κ3) is 12.7. The van der Waals surface area contributed by atoms with Gasteiger partial charge in [-0.15, -0.1) is 0 Å². The summed E-state index contributed by atoms with van der Waals surface area (Å²) in [4.78, 5) is 0. The van der Waals surface area contributed by atoms with Crippen molar-refractivity contribution in [3.05, 3.63) is 34.9 Å². The molecule has 0 N–H and O–H groups in total. The Balaban J connectivity index is 2.75. The number of allylic oxidation sites excluding steroid dienone is 6. The van der Waals surface area contributed by atoms with E-state index in [-0.39, 0.29) is 0 Å². The highest BCUT2D eigenvalue weighted by Crippen LogP contribution is 2.44. The van der Waals surface area contributed by atoms with E-state index in [1.54, 1.807) is 16.7 Å². The van der Waals surface area contributed by atoms with E-state index in [4.69, 9.17) is 0 Å². The highest BCUT2D eigenvalue weighted by atomic mass is 14.4. The molecule has 1 aliphatic rings. The monoisotopic (exact) mass is 541 g/mol. The fourth-order valence-corrected chi connectivity index (χ4v) is 7.66. The van der Waals surface area contributed by atoms with Gasteiger partial charge in [-0.1, -0.05) is 129 Å². The van der Waals surface area contributed by atoms with Gasteiger partial charge in [-0.05, 0) is 119 Å². The minimum absolute atomic E-state index is 0.523. The molecule has 0 heterocycles. The highest BCUT2D eigenvalue weighted by molar-refractivity contribution is 5.21. The molecule has 0 heteroatoms. The van der Waals surface area contributed by atoms with Crippen molar-refractivity contribution in [2.45, 2.75) is 161 Å². The Bertz CT molecular complexity index is 759. The van der Waals surface area contributed by atoms with Crippen LogP contribution in [0, 0.1) is 52.8 Å². The lowest BCUT2D eigenvalue weighted by molar-refractivity contribution is 0.169. The van der Waals surface area contributed by atoms with Gasteiger partial charge in [0.15, 0.2) is 0 Å². The number of rotatable bonds is 17. The molecule has 39 heavy (non-hydrogen) atoms. The molecule has 1 rings (SSSR count). The molecule has 0 nitrogen and oxygen atoms in total. The summed E-state index contributed by atoms with van der Waals surface area (Å²) in [7, 11) is 0. The Kier molecular flexibility index (Phi) is 16.6. The van der Waals surface area contributed by atoms with Crippen LogP contribution in [0.3, 0.4) is 0 Å². The Morgan fingerprint density at radius 2 is 1.64 bits per heavy atom. The summed E-state index contributed by atoms with van der Waals surface area (Å²) in [5, 5.41) is 0. The van der Waals surface area contributed by atoms with Crippen molar-refractivity contribution in [2.75, 3.05) is 0 Å². The molecule has 8 atom stereocenters. The van der Waals surface area contributed by atoms with E-state index >= 15 is 0 Å². The van der Waals surface area contributed by atoms with E-state index < -0.39 is 0 Å². The quantitative estimate of drug-likeness (QED) is 0.161. The van der Waals surface area contributed by atoms with Gasteiger partial charge in [-0.25, -0.2) is 0 Å². The van der Waals surface area contributed by atoms with Crippen LogP contribution in [0.5, 0.6) is 0 Å². The summed E-state index contributed by atoms with van der Waals surface area (Å²) in [5.41, 5.74) is 5.45. The zero-order valence-electron chi connectivity index (χ0n) is 29.1. The van der Waals surface area contributed by atoms with E-state index in [1.165, 1.54) is 70.6 Å². The van der Waals surface area contributed by atoms with Crippen LogP contribution in [0.1, 0.15) is 161 Å². The summed E-state index contributed by atoms with van der Waals surface area (Å²) in [6.07, 6.45) is 22.3. The summed E-state index contributed by atoms with van der Waals surface area (Å²) >= 11 is 0. The standard InChI is InChI=1S/C39H72/c1-14-17-33(11)37-26-35(24-31(9)25-38(37)36(15-2)29(6)7)21-19-30(8)18-20-32(10)34(12)27-39(13,16-3)23-22-28(4)5/h14,17,24,28,30,32-35,37-38H,15-16,18-23,25-27H2,1-13H3. The predicted molar refractivity (Wildman–Crippen MR) is 179 cm³/mol. The fourth-order valence-electron chi connectivity index (χ4n) is 7.66. The molecule has 0 aliphatic heterocycles. The average molecular weight is 541 g/mol. The maximum absolute atomic E-state index is 2.69. The van der Waals surface area contributed by atoms with Crippen LogP contribution in [-0.4, -0.2) is 0 Å². The molecule has 0 saturated carbocycles. The molecule has 228 valence electrons. The van der Waals surface area contributed by atoms with E-state index in [0.717, 1.165) is 35.5 Å². The molecule has 0 amide bonds. The first-order valence-corrected chi connectivity index (χ1v) is 17.2. The predicted octanol–water partition coefficient (Wildman–Crippen LogP) is 13.2. The van der Waals surface area contributed by atoms with Crippen LogP contribution in [0.4, 0.5) is 0 Å². The minimum Gasteiger partial charge on any atom is -0.0914 e. The largest absolute Gasteiger partial charge is 0.0914 e. The topological polar surface area (TPSA) is 0 Å². The van der Waals surface area contributed by atoms with Crippen molar-refractivity contribution in [2.24, 2.45) is 52.8 Å². The lowest BCUT2D eigenvalue weighted by Crippen LogP contribution is -2.24. The molecular weight excluding hydrogens is 468 g/mol. The van der Waals surface area contributed by atoms with Gasteiger partial charge in [0, 0.05) is 0 Å². The fraction of sp³-hybridized carbons (Fsp3) is 0.846. The van der Waals surface area contributed by atoms with E-state index in [9.17, 15) is 0 Å². The Morgan fingerprint density at radius 1 is 0.974 bits per heavy atom. The summed E-state index contributed by atoms with van der Waals surface area (Å²) in [6, 6.07) is 0. The molecule has 0 aromatic carbocycles. The van der Waals surface area contributed by atoms with Crippen LogP contribution < -0.4 is 0 Å². The third-order valence-corrected chi connectivity index (χ3v) is 10.9. The smallest absolute Gasteiger partial charge is 0.0130 e. The summed E-state index contributed by atoms with van der Waals surface area (Å²) in [6.45, 7) is 31.5. The average Bonchev–Trinajstić information content (AvgIpc) is 3.03. The maximum Gasteiger partial charge on any atom is -0.0130 e. The normalized spacial score (nSPS) is 25.1. The lowest BCUT2D eigenvalue weighted by atomic mass is 9.71. The first-order valence-electron chi connectivity index (χ1n) is 17.2. The van der Waals surface area contributed by atoms with Crippen LogP contribution in [0.25, 0.3) is 0 Å². The van der Waals surface area contributed by atoms with Crippen LogP contribution in [-0.2, 0) is 0 Å². The lowest BCUT2D eigenvalue weighted by Gasteiger charge is -2.34. The second-order valence-corrected chi connectivity index (χ2v) is 15.3. The Morgan fingerprint density at radius 3 is 2.18 bits per heavy atom. The summed E-state index contributed by atoms with van der Waals surface area (Å²) in [5.74, 6) is 6.18. The number of hydrogen-bond acceptors (Lipinski definition) is 0. The number of hydrogen-bond donors (Lipinski definition) is 0. The molecule has 0 spiro atoms. The van der Waals surface area contributed by atoms with Crippen LogP contribution in [0.15, 0.2) is 34.9 Å². The minimum atomic E-state index is 0.523. The van der Waals surface area contributed by atoms with Crippen molar-refractivity contribution in [1.29, 1.82) is 0 Å². The molecule has 1 aliphatic carbocycles. The van der Waals surface area contributed by atoms with Gasteiger partial charge in [0.25, 0.3) is 0 Å². The molecule has 0 radical (unpaired) electrons. The second-order valence-electron chi connectivity index (χ2n) is 15.3. The van der Waals surface area contributed by atoms with Crippen molar-refractivity contribution >= 4 is 0 Å². The Labute approximate surface area is 248 Å². The molecule has 0 aromatic rings. The maximum atomic E-state index is 2.69. The van der Waals surface area contributed by atoms with Crippen LogP contribution >= 0.6 is 0 Å². The van der Waals surface area contributed by atoms with Crippen LogP contribution in [0.2, 0.25) is 0 Å². The van der Waals surface area contributed by atoms with Gasteiger partial charge in [-0.3, -0.25) is 0 Å². The highest BCUT2D eigenvalue weighted by Gasteiger charge is 2.33. The van der Waals surface area contributed by atoms with Gasteiger partial charge in [-0.2, -0.15) is 0 Å². The van der Waals surface area contributed by atoms with Crippen molar-refractivity contribution in [3.63, 3.8) is 0 Å². The van der Waals surface area contributed by atoms with E-state index in [0.29, 0.717) is 17.3 Å². The van der Waals surface area contributed by atoms with Gasteiger partial charge < -0.3 is 0 Å². The zero-order chi connectivity index (χ0) is 29.8. The molecular formula is C39H72. The third-order valence-electron chi connectivity index (χ3n) is 10.9. The van der Waals surface area contributed by atoms with E-state index in [1.807, 2.05) is 0 Å². The summed E-state index contributed by atoms with van der Waals surface area (Å²) < 4.78 is 0. The Hall–Kier alpha value is -0.780. The second kappa shape index (κ2) is 17.9. The molecule has 8 unspecified atom stereocenters. The molecule has 0 bridgehead atoms. The zero-order valence-corrected chi connectivity index (χ0v) is 29.1. The van der Waals surface area contributed by atoms with Gasteiger partial charge in [0.1, 0.15) is 0 Å². The van der Waals surface area contributed by atoms with Crippen molar-refractivity contribution in [1.82, 2.24) is 0 Å². The van der Waals surface area contributed by atoms with Crippen molar-refractivity contribution in [3.8, 4) is 0 Å². The molecule has 0 saturated heterocycles. The molecule has 0 fully saturated rings. The SMILES string of the molecule is CC=CC(C)C1CC(CCC(C)CCC(C)C(C)CC(C)(CC)CCC(C)C)C=C(C)CC1C(CC)=C(C)C. The first kappa shape index (κ1) is 36.2. The van der Waals surface area contributed by atoms with Gasteiger partial charge in [0.2, 0.25) is 0 Å². The van der Waals surface area contributed by atoms with Crippen molar-refractivity contribution < 1.29 is 0 Å². The first-order chi connectivity index (χ1) is 18.3. The van der Waals surface area contributed by atoms with E-state index in [2.05, 4.69) is 108 Å².